The summed E-state index contributed by atoms with van der Waals surface area (Å²) in [5.74, 6) is 2.29. The first-order valence-corrected chi connectivity index (χ1v) is 10.1. The maximum atomic E-state index is 12.0. The van der Waals surface area contributed by atoms with Crippen molar-refractivity contribution in [2.24, 2.45) is 0 Å². The summed E-state index contributed by atoms with van der Waals surface area (Å²) in [5, 5.41) is 0.543. The second-order valence-corrected chi connectivity index (χ2v) is 7.34. The Balaban J connectivity index is 1.90. The van der Waals surface area contributed by atoms with Gasteiger partial charge in [0.2, 0.25) is 10.9 Å². The van der Waals surface area contributed by atoms with E-state index in [1.165, 1.54) is 7.11 Å². The fraction of sp³-hybridized carbons (Fsp3) is 0.500. The van der Waals surface area contributed by atoms with E-state index in [4.69, 9.17) is 38.0 Å². The number of hydrogen-bond donors (Lipinski definition) is 1. The number of nitrogens with two attached hydrogens (primary N) is 1. The van der Waals surface area contributed by atoms with Crippen LogP contribution < -0.4 is 5.73 Å². The van der Waals surface area contributed by atoms with Crippen molar-refractivity contribution >= 4 is 40.6 Å². The molecule has 166 valence electrons. The number of carbonyl (C=O) groups is 2. The molecule has 3 rings (SSSR count). The highest BCUT2D eigenvalue weighted by atomic mass is 35.5. The summed E-state index contributed by atoms with van der Waals surface area (Å²) >= 11 is 5.95. The average Bonchev–Trinajstić information content (AvgIpc) is 3.32. The van der Waals surface area contributed by atoms with Gasteiger partial charge in [0.25, 0.3) is 0 Å². The molecule has 1 aliphatic heterocycles. The topological polar surface area (TPSA) is 128 Å². The molecule has 2 aromatic rings. The van der Waals surface area contributed by atoms with E-state index in [1.54, 1.807) is 16.8 Å². The smallest absolute Gasteiger partial charge is 0.461 e. The number of ether oxygens (including phenoxy) is 4. The van der Waals surface area contributed by atoms with Gasteiger partial charge < -0.3 is 29.2 Å². The molecule has 31 heavy (non-hydrogen) atoms. The van der Waals surface area contributed by atoms with E-state index in [0.717, 1.165) is 6.42 Å². The Morgan fingerprint density at radius 1 is 1.48 bits per heavy atom. The summed E-state index contributed by atoms with van der Waals surface area (Å²) < 4.78 is 23.1. The molecule has 1 aliphatic rings. The number of rotatable bonds is 7. The van der Waals surface area contributed by atoms with Crippen molar-refractivity contribution < 1.29 is 28.5 Å². The van der Waals surface area contributed by atoms with E-state index in [1.807, 2.05) is 6.92 Å². The van der Waals surface area contributed by atoms with Gasteiger partial charge in [0, 0.05) is 19.0 Å². The molecule has 0 saturated carbocycles. The van der Waals surface area contributed by atoms with Gasteiger partial charge in [-0.05, 0) is 24.1 Å². The van der Waals surface area contributed by atoms with E-state index >= 15 is 0 Å². The standard InChI is InChI=1S/C20H23ClN4O6/c1-4-6-7-15(26)29-11-20(5-2)13(30-19(27)28-3)10-14(31-20)25-9-8-12-16(22)23-18(21)24-17(12)25/h2,8-9,13-14H,4,6-7,10-11H2,1,3H3,(H2,22,23,24)/t13-,14+,20+/m0/s1. The third-order valence-electron chi connectivity index (χ3n) is 5.00. The number of esters is 1. The molecular weight excluding hydrogens is 428 g/mol. The summed E-state index contributed by atoms with van der Waals surface area (Å²) in [6.07, 6.45) is 6.80. The summed E-state index contributed by atoms with van der Waals surface area (Å²) in [6, 6.07) is 1.71. The van der Waals surface area contributed by atoms with Gasteiger partial charge in [0.15, 0.2) is 6.10 Å². The van der Waals surface area contributed by atoms with Crippen LogP contribution in [0, 0.1) is 12.3 Å². The number of nitrogen functional groups attached to an aromatic ring is 1. The largest absolute Gasteiger partial charge is 0.508 e. The molecule has 2 N–H and O–H groups in total. The van der Waals surface area contributed by atoms with Crippen molar-refractivity contribution in [2.45, 2.75) is 50.5 Å². The van der Waals surface area contributed by atoms with Gasteiger partial charge in [-0.2, -0.15) is 4.98 Å². The number of methoxy groups -OCH3 is 1. The SMILES string of the molecule is C#C[C@]1(COC(=O)CCCC)O[C@@H](n2ccc3c(N)nc(Cl)nc32)C[C@@H]1OC(=O)OC. The fourth-order valence-corrected chi connectivity index (χ4v) is 3.53. The van der Waals surface area contributed by atoms with Crippen molar-refractivity contribution in [3.63, 3.8) is 0 Å². The Bertz CT molecular complexity index is 1020. The number of hydrogen-bond acceptors (Lipinski definition) is 9. The zero-order chi connectivity index (χ0) is 22.6. The van der Waals surface area contributed by atoms with Gasteiger partial charge in [-0.25, -0.2) is 9.78 Å². The molecule has 3 heterocycles. The first-order chi connectivity index (χ1) is 14.8. The van der Waals surface area contributed by atoms with Crippen LogP contribution in [0.1, 0.15) is 38.8 Å². The summed E-state index contributed by atoms with van der Waals surface area (Å²) in [5.41, 5.74) is 4.82. The predicted octanol–water partition coefficient (Wildman–Crippen LogP) is 2.84. The van der Waals surface area contributed by atoms with Crippen LogP contribution in [0.2, 0.25) is 5.28 Å². The molecule has 0 unspecified atom stereocenters. The second kappa shape index (κ2) is 9.41. The van der Waals surface area contributed by atoms with Gasteiger partial charge in [-0.1, -0.05) is 19.3 Å². The predicted molar refractivity (Wildman–Crippen MR) is 111 cm³/mol. The van der Waals surface area contributed by atoms with Crippen LogP contribution in [0.15, 0.2) is 12.3 Å². The Morgan fingerprint density at radius 3 is 2.94 bits per heavy atom. The van der Waals surface area contributed by atoms with Crippen LogP contribution in [-0.4, -0.2) is 52.1 Å². The number of nitrogens with zero attached hydrogens (tertiary/aromatic N) is 3. The Kier molecular flexibility index (Phi) is 6.87. The third kappa shape index (κ3) is 4.68. The van der Waals surface area contributed by atoms with Crippen LogP contribution in [0.25, 0.3) is 11.0 Å². The zero-order valence-electron chi connectivity index (χ0n) is 17.2. The first kappa shape index (κ1) is 22.7. The van der Waals surface area contributed by atoms with E-state index in [9.17, 15) is 9.59 Å². The van der Waals surface area contributed by atoms with Gasteiger partial charge in [-0.3, -0.25) is 4.79 Å². The van der Waals surface area contributed by atoms with E-state index in [2.05, 4.69) is 20.6 Å². The van der Waals surface area contributed by atoms with Crippen LogP contribution in [0.4, 0.5) is 10.6 Å². The molecule has 0 amide bonds. The van der Waals surface area contributed by atoms with Gasteiger partial charge >= 0.3 is 12.1 Å². The average molecular weight is 451 g/mol. The molecule has 3 atom stereocenters. The Hall–Kier alpha value is -3.03. The molecule has 0 aliphatic carbocycles. The van der Waals surface area contributed by atoms with Crippen LogP contribution >= 0.6 is 11.6 Å². The normalized spacial score (nSPS) is 22.8. The number of anilines is 1. The number of terminal acetylenes is 1. The first-order valence-electron chi connectivity index (χ1n) is 9.69. The summed E-state index contributed by atoms with van der Waals surface area (Å²) in [7, 11) is 1.18. The quantitative estimate of drug-likeness (QED) is 0.384. The van der Waals surface area contributed by atoms with Crippen molar-refractivity contribution in [1.82, 2.24) is 14.5 Å². The Labute approximate surface area is 183 Å². The summed E-state index contributed by atoms with van der Waals surface area (Å²) in [4.78, 5) is 32.0. The molecule has 10 nitrogen and oxygen atoms in total. The molecule has 0 spiro atoms. The van der Waals surface area contributed by atoms with Crippen LogP contribution in [0.5, 0.6) is 0 Å². The van der Waals surface area contributed by atoms with Gasteiger partial charge in [0.1, 0.15) is 24.3 Å². The Morgan fingerprint density at radius 2 is 2.26 bits per heavy atom. The van der Waals surface area contributed by atoms with Crippen molar-refractivity contribution in [3.8, 4) is 12.3 Å². The molecule has 1 fully saturated rings. The molecule has 2 aromatic heterocycles. The fourth-order valence-electron chi connectivity index (χ4n) is 3.36. The minimum Gasteiger partial charge on any atom is -0.461 e. The van der Waals surface area contributed by atoms with Gasteiger partial charge in [0.05, 0.1) is 12.5 Å². The minimum atomic E-state index is -1.51. The third-order valence-corrected chi connectivity index (χ3v) is 5.17. The molecule has 1 saturated heterocycles. The molecule has 0 radical (unpaired) electrons. The van der Waals surface area contributed by atoms with E-state index < -0.39 is 30.1 Å². The lowest BCUT2D eigenvalue weighted by Gasteiger charge is -2.28. The highest BCUT2D eigenvalue weighted by molar-refractivity contribution is 6.28. The number of aromatic nitrogens is 3. The maximum absolute atomic E-state index is 12.0. The maximum Gasteiger partial charge on any atom is 0.508 e. The second-order valence-electron chi connectivity index (χ2n) is 7.01. The molecule has 11 heteroatoms. The molecule has 0 bridgehead atoms. The van der Waals surface area contributed by atoms with Crippen LogP contribution in [-0.2, 0) is 23.7 Å². The van der Waals surface area contributed by atoms with Crippen molar-refractivity contribution in [1.29, 1.82) is 0 Å². The molecular formula is C20H23ClN4O6. The highest BCUT2D eigenvalue weighted by Crippen LogP contribution is 2.40. The van der Waals surface area contributed by atoms with Gasteiger partial charge in [-0.15, -0.1) is 6.42 Å². The lowest BCUT2D eigenvalue weighted by Crippen LogP contribution is -2.45. The highest BCUT2D eigenvalue weighted by Gasteiger charge is 2.52. The minimum absolute atomic E-state index is 0.0293. The monoisotopic (exact) mass is 450 g/mol. The lowest BCUT2D eigenvalue weighted by atomic mass is 9.98. The summed E-state index contributed by atoms with van der Waals surface area (Å²) in [6.45, 7) is 1.67. The number of carbonyl (C=O) groups excluding carboxylic acids is 2. The van der Waals surface area contributed by atoms with Crippen LogP contribution in [0.3, 0.4) is 0 Å². The van der Waals surface area contributed by atoms with Crippen molar-refractivity contribution in [2.75, 3.05) is 19.5 Å². The molecule has 0 aromatic carbocycles. The number of halogens is 1. The van der Waals surface area contributed by atoms with Crippen molar-refractivity contribution in [3.05, 3.63) is 17.5 Å². The zero-order valence-corrected chi connectivity index (χ0v) is 17.9. The lowest BCUT2D eigenvalue weighted by molar-refractivity contribution is -0.157. The van der Waals surface area contributed by atoms with E-state index in [-0.39, 0.29) is 30.5 Å². The van der Waals surface area contributed by atoms with E-state index in [0.29, 0.717) is 17.5 Å². The number of fused-ring (bicyclic) bond motifs is 1. The number of unbranched alkanes of at least 4 members (excludes halogenated alkanes) is 1.